The highest BCUT2D eigenvalue weighted by Gasteiger charge is 2.10. The molecule has 6 heteroatoms. The van der Waals surface area contributed by atoms with Crippen LogP contribution in [0.4, 0.5) is 5.82 Å². The Hall–Kier alpha value is -0.650. The Bertz CT molecular complexity index is 529. The van der Waals surface area contributed by atoms with E-state index >= 15 is 0 Å². The zero-order chi connectivity index (χ0) is 12.4. The van der Waals surface area contributed by atoms with Crippen molar-refractivity contribution in [3.63, 3.8) is 0 Å². The number of anilines is 1. The highest BCUT2D eigenvalue weighted by molar-refractivity contribution is 9.10. The fourth-order valence-electron chi connectivity index (χ4n) is 1.49. The van der Waals surface area contributed by atoms with E-state index in [1.165, 1.54) is 0 Å². The summed E-state index contributed by atoms with van der Waals surface area (Å²) in [4.78, 5) is 10.8. The summed E-state index contributed by atoms with van der Waals surface area (Å²) >= 11 is 11.0. The van der Waals surface area contributed by atoms with Gasteiger partial charge in [0, 0.05) is 18.6 Å². The van der Waals surface area contributed by atoms with Crippen LogP contribution < -0.4 is 4.90 Å². The van der Waals surface area contributed by atoms with E-state index in [1.807, 2.05) is 24.9 Å². The van der Waals surface area contributed by atoms with Gasteiger partial charge < -0.3 is 4.90 Å². The number of halogens is 2. The quantitative estimate of drug-likeness (QED) is 0.853. The van der Waals surface area contributed by atoms with Crippen LogP contribution in [-0.4, -0.2) is 17.0 Å². The van der Waals surface area contributed by atoms with Gasteiger partial charge >= 0.3 is 0 Å². The molecule has 0 unspecified atom stereocenters. The summed E-state index contributed by atoms with van der Waals surface area (Å²) in [5.74, 6) is 0.861. The summed E-state index contributed by atoms with van der Waals surface area (Å²) in [6.45, 7) is 2.74. The van der Waals surface area contributed by atoms with Gasteiger partial charge in [0.05, 0.1) is 26.7 Å². The minimum atomic E-state index is 0.624. The monoisotopic (exact) mass is 331 g/mol. The Balaban J connectivity index is 2.17. The van der Waals surface area contributed by atoms with Gasteiger partial charge in [-0.15, -0.1) is 11.3 Å². The number of nitrogens with zero attached hydrogens (tertiary/aromatic N) is 3. The first-order valence-corrected chi connectivity index (χ1v) is 7.04. The Labute approximate surface area is 118 Å². The zero-order valence-electron chi connectivity index (χ0n) is 9.44. The van der Waals surface area contributed by atoms with Crippen LogP contribution in [0.5, 0.6) is 0 Å². The van der Waals surface area contributed by atoms with Crippen molar-refractivity contribution < 1.29 is 0 Å². The van der Waals surface area contributed by atoms with Gasteiger partial charge in [-0.3, -0.25) is 0 Å². The molecule has 2 heterocycles. The summed E-state index contributed by atoms with van der Waals surface area (Å²) in [6, 6.07) is 1.84. The third-order valence-electron chi connectivity index (χ3n) is 2.22. The summed E-state index contributed by atoms with van der Waals surface area (Å²) in [7, 11) is 1.98. The van der Waals surface area contributed by atoms with Crippen LogP contribution in [0.2, 0.25) is 5.02 Å². The molecular formula is C11H11BrClN3S. The van der Waals surface area contributed by atoms with Crippen LogP contribution >= 0.6 is 38.9 Å². The summed E-state index contributed by atoms with van der Waals surface area (Å²) in [5.41, 5.74) is 1.05. The van der Waals surface area contributed by atoms with Crippen LogP contribution in [-0.2, 0) is 6.54 Å². The van der Waals surface area contributed by atoms with Gasteiger partial charge in [-0.05, 0) is 28.9 Å². The van der Waals surface area contributed by atoms with E-state index < -0.39 is 0 Å². The Morgan fingerprint density at radius 3 is 2.88 bits per heavy atom. The van der Waals surface area contributed by atoms with Gasteiger partial charge in [-0.2, -0.15) is 0 Å². The average Bonchev–Trinajstić information content (AvgIpc) is 2.63. The van der Waals surface area contributed by atoms with E-state index in [-0.39, 0.29) is 0 Å². The fraction of sp³-hybridized carbons (Fsp3) is 0.273. The first kappa shape index (κ1) is 12.8. The van der Waals surface area contributed by atoms with Gasteiger partial charge in [-0.1, -0.05) is 11.6 Å². The van der Waals surface area contributed by atoms with Crippen molar-refractivity contribution >= 4 is 44.7 Å². The highest BCUT2D eigenvalue weighted by atomic mass is 79.9. The van der Waals surface area contributed by atoms with E-state index in [4.69, 9.17) is 11.6 Å². The van der Waals surface area contributed by atoms with Gasteiger partial charge in [0.15, 0.2) is 0 Å². The predicted octanol–water partition coefficient (Wildman–Crippen LogP) is 3.90. The SMILES string of the molecule is Cc1nc(CN(C)c2ncc(Cl)cc2Br)cs1. The molecule has 0 aromatic carbocycles. The fourth-order valence-corrected chi connectivity index (χ4v) is 3.03. The zero-order valence-corrected chi connectivity index (χ0v) is 12.6. The van der Waals surface area contributed by atoms with Crippen molar-refractivity contribution in [1.29, 1.82) is 0 Å². The number of pyridine rings is 1. The van der Waals surface area contributed by atoms with Crippen molar-refractivity contribution in [2.75, 3.05) is 11.9 Å². The summed E-state index contributed by atoms with van der Waals surface area (Å²) in [5, 5.41) is 3.77. The second-order valence-electron chi connectivity index (χ2n) is 3.67. The molecule has 0 spiro atoms. The number of rotatable bonds is 3. The number of hydrogen-bond acceptors (Lipinski definition) is 4. The second kappa shape index (κ2) is 5.33. The highest BCUT2D eigenvalue weighted by Crippen LogP contribution is 2.26. The Kier molecular flexibility index (Phi) is 4.01. The molecule has 0 saturated heterocycles. The molecule has 0 aliphatic carbocycles. The minimum Gasteiger partial charge on any atom is -0.353 e. The van der Waals surface area contributed by atoms with E-state index in [0.717, 1.165) is 27.5 Å². The minimum absolute atomic E-state index is 0.624. The molecule has 0 aliphatic heterocycles. The molecule has 2 rings (SSSR count). The number of hydrogen-bond donors (Lipinski definition) is 0. The maximum atomic E-state index is 5.86. The molecule has 0 bridgehead atoms. The van der Waals surface area contributed by atoms with E-state index in [0.29, 0.717) is 5.02 Å². The van der Waals surface area contributed by atoms with E-state index in [9.17, 15) is 0 Å². The molecule has 0 aliphatic rings. The van der Waals surface area contributed by atoms with Gasteiger partial charge in [-0.25, -0.2) is 9.97 Å². The van der Waals surface area contributed by atoms with Crippen molar-refractivity contribution in [2.45, 2.75) is 13.5 Å². The molecule has 3 nitrogen and oxygen atoms in total. The van der Waals surface area contributed by atoms with Crippen LogP contribution in [0.15, 0.2) is 22.1 Å². The normalized spacial score (nSPS) is 10.6. The number of aromatic nitrogens is 2. The number of thiazole rings is 1. The number of aryl methyl sites for hydroxylation is 1. The molecule has 0 amide bonds. The van der Waals surface area contributed by atoms with Crippen molar-refractivity contribution in [3.05, 3.63) is 37.8 Å². The molecule has 0 radical (unpaired) electrons. The standard InChI is InChI=1S/C11H11BrClN3S/c1-7-15-9(6-17-7)5-16(2)11-10(12)3-8(13)4-14-11/h3-4,6H,5H2,1-2H3. The lowest BCUT2D eigenvalue weighted by Gasteiger charge is -2.18. The smallest absolute Gasteiger partial charge is 0.143 e. The Morgan fingerprint density at radius 2 is 2.29 bits per heavy atom. The molecule has 0 N–H and O–H groups in total. The molecule has 0 atom stereocenters. The maximum absolute atomic E-state index is 5.86. The molecule has 0 fully saturated rings. The first-order valence-electron chi connectivity index (χ1n) is 4.99. The predicted molar refractivity (Wildman–Crippen MR) is 75.9 cm³/mol. The summed E-state index contributed by atoms with van der Waals surface area (Å²) in [6.07, 6.45) is 1.64. The van der Waals surface area contributed by atoms with Gasteiger partial charge in [0.1, 0.15) is 5.82 Å². The van der Waals surface area contributed by atoms with Gasteiger partial charge in [0.2, 0.25) is 0 Å². The lowest BCUT2D eigenvalue weighted by molar-refractivity contribution is 0.867. The maximum Gasteiger partial charge on any atom is 0.143 e. The van der Waals surface area contributed by atoms with E-state index in [2.05, 4.69) is 31.3 Å². The largest absolute Gasteiger partial charge is 0.353 e. The van der Waals surface area contributed by atoms with Crippen molar-refractivity contribution in [2.24, 2.45) is 0 Å². The third kappa shape index (κ3) is 3.18. The molecule has 90 valence electrons. The van der Waals surface area contributed by atoms with Crippen LogP contribution in [0.1, 0.15) is 10.7 Å². The van der Waals surface area contributed by atoms with Gasteiger partial charge in [0.25, 0.3) is 0 Å². The molecule has 0 saturated carbocycles. The third-order valence-corrected chi connectivity index (χ3v) is 3.83. The first-order chi connectivity index (χ1) is 8.06. The van der Waals surface area contributed by atoms with Crippen LogP contribution in [0, 0.1) is 6.92 Å². The molecular weight excluding hydrogens is 322 g/mol. The van der Waals surface area contributed by atoms with Crippen LogP contribution in [0.25, 0.3) is 0 Å². The molecule has 2 aromatic heterocycles. The molecule has 17 heavy (non-hydrogen) atoms. The molecule has 2 aromatic rings. The average molecular weight is 333 g/mol. The lowest BCUT2D eigenvalue weighted by Crippen LogP contribution is -2.18. The lowest BCUT2D eigenvalue weighted by atomic mass is 10.4. The second-order valence-corrected chi connectivity index (χ2v) is 6.03. The van der Waals surface area contributed by atoms with E-state index in [1.54, 1.807) is 17.5 Å². The van der Waals surface area contributed by atoms with Crippen molar-refractivity contribution in [3.8, 4) is 0 Å². The van der Waals surface area contributed by atoms with Crippen LogP contribution in [0.3, 0.4) is 0 Å². The Morgan fingerprint density at radius 1 is 1.53 bits per heavy atom. The van der Waals surface area contributed by atoms with Crippen molar-refractivity contribution in [1.82, 2.24) is 9.97 Å². The topological polar surface area (TPSA) is 29.0 Å². The summed E-state index contributed by atoms with van der Waals surface area (Å²) < 4.78 is 0.888.